The number of anilines is 1. The molecule has 1 fully saturated rings. The van der Waals surface area contributed by atoms with Crippen molar-refractivity contribution >= 4 is 44.4 Å². The van der Waals surface area contributed by atoms with Gasteiger partial charge in [0.25, 0.3) is 0 Å². The van der Waals surface area contributed by atoms with Crippen LogP contribution in [0.1, 0.15) is 19.8 Å². The Balaban J connectivity index is 1.43. The van der Waals surface area contributed by atoms with Crippen LogP contribution >= 0.6 is 23.1 Å². The lowest BCUT2D eigenvalue weighted by Crippen LogP contribution is -2.39. The molecule has 2 aromatic carbocycles. The quantitative estimate of drug-likeness (QED) is 0.341. The zero-order valence-corrected chi connectivity index (χ0v) is 21.0. The fraction of sp³-hybridized carbons (Fsp3) is 0.440. The Bertz CT molecular complexity index is 1070. The van der Waals surface area contributed by atoms with Gasteiger partial charge in [-0.3, -0.25) is 14.6 Å². The third kappa shape index (κ3) is 6.91. The Morgan fingerprint density at radius 1 is 1.24 bits per heavy atom. The number of rotatable bonds is 11. The molecule has 1 saturated heterocycles. The van der Waals surface area contributed by atoms with E-state index in [0.29, 0.717) is 25.3 Å². The van der Waals surface area contributed by atoms with Crippen LogP contribution in [0.5, 0.6) is 5.75 Å². The zero-order chi connectivity index (χ0) is 23.8. The van der Waals surface area contributed by atoms with Crippen molar-refractivity contribution in [2.45, 2.75) is 24.7 Å². The molecule has 0 bridgehead atoms. The molecule has 0 saturated carbocycles. The predicted molar refractivity (Wildman–Crippen MR) is 137 cm³/mol. The van der Waals surface area contributed by atoms with Crippen LogP contribution < -0.4 is 9.64 Å². The molecule has 0 unspecified atom stereocenters. The highest BCUT2D eigenvalue weighted by Gasteiger charge is 2.20. The molecule has 3 aromatic rings. The molecule has 0 aliphatic carbocycles. The third-order valence-electron chi connectivity index (χ3n) is 5.55. The van der Waals surface area contributed by atoms with E-state index >= 15 is 0 Å². The second-order valence-corrected chi connectivity index (χ2v) is 10.1. The standard InChI is InChI=1S/C25H30FN3O3S2/c1-2-32-20-6-9-22-23(18-20)34-25(27-22)29(12-3-11-28-13-15-31-16-14-28)24(30)10-17-33-21-7-4-19(26)5-8-21/h4-9,18H,2-3,10-17H2,1H3. The summed E-state index contributed by atoms with van der Waals surface area (Å²) in [5, 5.41) is 0.724. The van der Waals surface area contributed by atoms with E-state index in [1.807, 2.05) is 30.0 Å². The van der Waals surface area contributed by atoms with Gasteiger partial charge in [-0.15, -0.1) is 11.8 Å². The number of morpholine rings is 1. The third-order valence-corrected chi connectivity index (χ3v) is 7.60. The fourth-order valence-electron chi connectivity index (χ4n) is 3.79. The smallest absolute Gasteiger partial charge is 0.229 e. The summed E-state index contributed by atoms with van der Waals surface area (Å²) in [6.45, 7) is 7.52. The van der Waals surface area contributed by atoms with E-state index in [-0.39, 0.29) is 11.7 Å². The second-order valence-electron chi connectivity index (χ2n) is 7.96. The molecule has 1 amide bonds. The first kappa shape index (κ1) is 24.9. The average Bonchev–Trinajstić information content (AvgIpc) is 3.27. The summed E-state index contributed by atoms with van der Waals surface area (Å²) < 4.78 is 25.2. The number of thiazole rings is 1. The van der Waals surface area contributed by atoms with E-state index in [2.05, 4.69) is 4.90 Å². The van der Waals surface area contributed by atoms with Crippen molar-refractivity contribution in [3.63, 3.8) is 0 Å². The Kier molecular flexibility index (Phi) is 9.15. The number of aromatic nitrogens is 1. The number of hydrogen-bond acceptors (Lipinski definition) is 7. The number of carbonyl (C=O) groups is 1. The van der Waals surface area contributed by atoms with Crippen molar-refractivity contribution in [1.29, 1.82) is 0 Å². The Morgan fingerprint density at radius 3 is 2.79 bits per heavy atom. The van der Waals surface area contributed by atoms with Crippen LogP contribution in [0.3, 0.4) is 0 Å². The van der Waals surface area contributed by atoms with Gasteiger partial charge < -0.3 is 9.47 Å². The van der Waals surface area contributed by atoms with Gasteiger partial charge in [-0.25, -0.2) is 9.37 Å². The highest BCUT2D eigenvalue weighted by atomic mass is 32.2. The van der Waals surface area contributed by atoms with Crippen LogP contribution in [0.2, 0.25) is 0 Å². The molecule has 1 aliphatic rings. The largest absolute Gasteiger partial charge is 0.494 e. The van der Waals surface area contributed by atoms with Crippen LogP contribution in [0.15, 0.2) is 47.4 Å². The Morgan fingerprint density at radius 2 is 2.03 bits per heavy atom. The molecule has 0 N–H and O–H groups in total. The van der Waals surface area contributed by atoms with Gasteiger partial charge in [0.15, 0.2) is 5.13 Å². The first-order valence-corrected chi connectivity index (χ1v) is 13.4. The van der Waals surface area contributed by atoms with Crippen molar-refractivity contribution in [3.8, 4) is 5.75 Å². The van der Waals surface area contributed by atoms with Crippen molar-refractivity contribution in [2.24, 2.45) is 0 Å². The Hall–Kier alpha value is -2.20. The predicted octanol–water partition coefficient (Wildman–Crippen LogP) is 5.07. The zero-order valence-electron chi connectivity index (χ0n) is 19.4. The average molecular weight is 504 g/mol. The lowest BCUT2D eigenvalue weighted by Gasteiger charge is -2.27. The lowest BCUT2D eigenvalue weighted by atomic mass is 10.3. The monoisotopic (exact) mass is 503 g/mol. The van der Waals surface area contributed by atoms with Crippen LogP contribution in [0, 0.1) is 5.82 Å². The number of benzene rings is 2. The second kappa shape index (κ2) is 12.5. The number of halogens is 1. The number of thioether (sulfide) groups is 1. The molecule has 0 atom stereocenters. The minimum absolute atomic E-state index is 0.0562. The summed E-state index contributed by atoms with van der Waals surface area (Å²) >= 11 is 3.08. The minimum Gasteiger partial charge on any atom is -0.494 e. The summed E-state index contributed by atoms with van der Waals surface area (Å²) in [4.78, 5) is 23.2. The number of hydrogen-bond donors (Lipinski definition) is 0. The molecule has 9 heteroatoms. The molecule has 0 spiro atoms. The molecule has 6 nitrogen and oxygen atoms in total. The number of ether oxygens (including phenoxy) is 2. The van der Waals surface area contributed by atoms with Gasteiger partial charge in [-0.2, -0.15) is 0 Å². The van der Waals surface area contributed by atoms with E-state index in [4.69, 9.17) is 14.5 Å². The van der Waals surface area contributed by atoms with E-state index in [1.54, 1.807) is 23.9 Å². The van der Waals surface area contributed by atoms with Gasteiger partial charge in [-0.05, 0) is 55.8 Å². The fourth-order valence-corrected chi connectivity index (χ4v) is 5.67. The molecule has 1 aromatic heterocycles. The van der Waals surface area contributed by atoms with Crippen LogP contribution in [-0.4, -0.2) is 67.5 Å². The number of fused-ring (bicyclic) bond motifs is 1. The van der Waals surface area contributed by atoms with Crippen molar-refractivity contribution in [3.05, 3.63) is 48.3 Å². The molecular weight excluding hydrogens is 473 g/mol. The molecule has 0 radical (unpaired) electrons. The van der Waals surface area contributed by atoms with Crippen LogP contribution in [0.25, 0.3) is 10.2 Å². The maximum atomic E-state index is 13.3. The highest BCUT2D eigenvalue weighted by Crippen LogP contribution is 2.32. The number of carbonyl (C=O) groups excluding carboxylic acids is 1. The molecule has 2 heterocycles. The van der Waals surface area contributed by atoms with Crippen molar-refractivity contribution < 1.29 is 18.7 Å². The van der Waals surface area contributed by atoms with Crippen LogP contribution in [0.4, 0.5) is 9.52 Å². The lowest BCUT2D eigenvalue weighted by molar-refractivity contribution is -0.118. The summed E-state index contributed by atoms with van der Waals surface area (Å²) in [5.41, 5.74) is 0.870. The van der Waals surface area contributed by atoms with Crippen molar-refractivity contribution in [1.82, 2.24) is 9.88 Å². The first-order valence-electron chi connectivity index (χ1n) is 11.6. The van der Waals surface area contributed by atoms with Gasteiger partial charge in [0.2, 0.25) is 5.91 Å². The van der Waals surface area contributed by atoms with E-state index in [9.17, 15) is 9.18 Å². The normalized spacial score (nSPS) is 14.4. The van der Waals surface area contributed by atoms with Gasteiger partial charge in [-0.1, -0.05) is 11.3 Å². The van der Waals surface area contributed by atoms with E-state index < -0.39 is 0 Å². The van der Waals surface area contributed by atoms with E-state index in [1.165, 1.54) is 23.5 Å². The SMILES string of the molecule is CCOc1ccc2nc(N(CCCN3CCOCC3)C(=O)CCSc3ccc(F)cc3)sc2c1. The maximum Gasteiger partial charge on any atom is 0.229 e. The highest BCUT2D eigenvalue weighted by molar-refractivity contribution is 7.99. The summed E-state index contributed by atoms with van der Waals surface area (Å²) in [6.07, 6.45) is 1.26. The summed E-state index contributed by atoms with van der Waals surface area (Å²) in [7, 11) is 0. The maximum absolute atomic E-state index is 13.3. The molecule has 34 heavy (non-hydrogen) atoms. The minimum atomic E-state index is -0.254. The first-order chi connectivity index (χ1) is 16.6. The molecular formula is C25H30FN3O3S2. The topological polar surface area (TPSA) is 54.9 Å². The van der Waals surface area contributed by atoms with Gasteiger partial charge in [0.05, 0.1) is 30.0 Å². The summed E-state index contributed by atoms with van der Waals surface area (Å²) in [6, 6.07) is 12.2. The van der Waals surface area contributed by atoms with Gasteiger partial charge in [0.1, 0.15) is 11.6 Å². The Labute approximate surface area is 208 Å². The summed E-state index contributed by atoms with van der Waals surface area (Å²) in [5.74, 6) is 1.24. The van der Waals surface area contributed by atoms with Gasteiger partial charge in [0, 0.05) is 43.2 Å². The molecule has 4 rings (SSSR count). The molecule has 1 aliphatic heterocycles. The number of amides is 1. The van der Waals surface area contributed by atoms with Crippen molar-refractivity contribution in [2.75, 3.05) is 56.7 Å². The number of nitrogens with zero attached hydrogens (tertiary/aromatic N) is 3. The van der Waals surface area contributed by atoms with Gasteiger partial charge >= 0.3 is 0 Å². The van der Waals surface area contributed by atoms with E-state index in [0.717, 1.165) is 65.3 Å². The molecule has 182 valence electrons. The van der Waals surface area contributed by atoms with Crippen LogP contribution in [-0.2, 0) is 9.53 Å².